The quantitative estimate of drug-likeness (QED) is 0.137. The average molecular weight is 744 g/mol. The minimum atomic E-state index is -4.92. The summed E-state index contributed by atoms with van der Waals surface area (Å²) in [5.74, 6) is -1.24. The highest BCUT2D eigenvalue weighted by Crippen LogP contribution is 2.48. The van der Waals surface area contributed by atoms with Gasteiger partial charge in [-0.05, 0) is 57.9 Å². The lowest BCUT2D eigenvalue weighted by atomic mass is 9.94. The first kappa shape index (κ1) is 33.4. The Balaban J connectivity index is 0.00000150. The Hall–Kier alpha value is -5.39. The van der Waals surface area contributed by atoms with Crippen molar-refractivity contribution in [1.29, 1.82) is 0 Å². The van der Waals surface area contributed by atoms with Crippen molar-refractivity contribution >= 4 is 39.9 Å². The van der Waals surface area contributed by atoms with Crippen LogP contribution >= 0.6 is 0 Å². The van der Waals surface area contributed by atoms with Gasteiger partial charge in [-0.3, -0.25) is 14.8 Å². The lowest BCUT2D eigenvalue weighted by Gasteiger charge is -2.35. The van der Waals surface area contributed by atoms with E-state index in [1.165, 1.54) is 19.2 Å². The molecule has 4 aromatic heterocycles. The second kappa shape index (κ2) is 13.5. The summed E-state index contributed by atoms with van der Waals surface area (Å²) in [5, 5.41) is 13.3. The fraction of sp³-hybridized carbons (Fsp3) is 0.429. The number of halogens is 5. The molecule has 3 aliphatic heterocycles. The molecule has 2 fully saturated rings. The van der Waals surface area contributed by atoms with Crippen molar-refractivity contribution in [2.75, 3.05) is 36.9 Å². The van der Waals surface area contributed by atoms with Crippen molar-refractivity contribution in [3.63, 3.8) is 0 Å². The van der Waals surface area contributed by atoms with Crippen LogP contribution in [0, 0.1) is 12.7 Å². The first-order valence-electron chi connectivity index (χ1n) is 17.8. The SMILES string of the molecule is O=CO.[2H]C([2H])(Oc1nc2c3c(nc(-c4c(C(F)(F)F)c(C)cc5[nH]ncc45)c(F)c3n1)OC[C@H](C)N2[C@H](C)c1cccnc1N)[C@@]12CCCN1C[C@H](F)C2. The van der Waals surface area contributed by atoms with Crippen LogP contribution in [0.2, 0.25) is 0 Å². The first-order chi connectivity index (χ1) is 26.0. The van der Waals surface area contributed by atoms with Gasteiger partial charge >= 0.3 is 12.2 Å². The van der Waals surface area contributed by atoms with E-state index >= 15 is 4.39 Å². The molecule has 8 rings (SSSR count). The third-order valence-corrected chi connectivity index (χ3v) is 10.0. The van der Waals surface area contributed by atoms with Gasteiger partial charge in [-0.2, -0.15) is 28.2 Å². The summed E-state index contributed by atoms with van der Waals surface area (Å²) in [4.78, 5) is 29.4. The molecule has 4 atom stereocenters. The molecule has 53 heavy (non-hydrogen) atoms. The molecule has 2 saturated heterocycles. The molecule has 0 spiro atoms. The zero-order valence-corrected chi connectivity index (χ0v) is 28.7. The molecular weight excluding hydrogens is 705 g/mol. The smallest absolute Gasteiger partial charge is 0.417 e. The van der Waals surface area contributed by atoms with Crippen molar-refractivity contribution in [3.05, 3.63) is 53.1 Å². The number of aromatic amines is 1. The van der Waals surface area contributed by atoms with Crippen LogP contribution in [0.25, 0.3) is 33.1 Å². The third-order valence-electron chi connectivity index (χ3n) is 10.0. The fourth-order valence-electron chi connectivity index (χ4n) is 7.83. The van der Waals surface area contributed by atoms with Gasteiger partial charge in [-0.25, -0.2) is 18.7 Å². The maximum atomic E-state index is 17.3. The molecule has 3 aliphatic rings. The van der Waals surface area contributed by atoms with Crippen LogP contribution in [0.1, 0.15) is 58.6 Å². The number of nitrogens with one attached hydrogen (secondary N) is 1. The molecule has 0 unspecified atom stereocenters. The van der Waals surface area contributed by atoms with Gasteiger partial charge in [-0.15, -0.1) is 0 Å². The molecule has 0 amide bonds. The van der Waals surface area contributed by atoms with Crippen LogP contribution in [0.15, 0.2) is 30.6 Å². The summed E-state index contributed by atoms with van der Waals surface area (Å²) in [6.45, 7) is 2.50. The summed E-state index contributed by atoms with van der Waals surface area (Å²) in [5.41, 5.74) is 2.65. The number of nitrogens with two attached hydrogens (primary N) is 1. The number of rotatable bonds is 6. The van der Waals surface area contributed by atoms with Gasteiger partial charge in [0.1, 0.15) is 47.6 Å². The van der Waals surface area contributed by atoms with Crippen molar-refractivity contribution in [3.8, 4) is 23.1 Å². The number of aromatic nitrogens is 6. The van der Waals surface area contributed by atoms with Crippen LogP contribution in [-0.4, -0.2) is 90.6 Å². The highest BCUT2D eigenvalue weighted by atomic mass is 19.4. The number of hydrogen-bond donors (Lipinski definition) is 3. The summed E-state index contributed by atoms with van der Waals surface area (Å²) in [7, 11) is 0. The Morgan fingerprint density at radius 3 is 2.83 bits per heavy atom. The number of alkyl halides is 4. The zero-order chi connectivity index (χ0) is 39.6. The molecule has 0 saturated carbocycles. The molecule has 0 aliphatic carbocycles. The minimum Gasteiger partial charge on any atom is -0.483 e. The van der Waals surface area contributed by atoms with E-state index < -0.39 is 70.7 Å². The summed E-state index contributed by atoms with van der Waals surface area (Å²) in [6, 6.07) is 3.01. The summed E-state index contributed by atoms with van der Waals surface area (Å²) < 4.78 is 107. The molecule has 13 nitrogen and oxygen atoms in total. The fourth-order valence-corrected chi connectivity index (χ4v) is 7.83. The van der Waals surface area contributed by atoms with Crippen LogP contribution < -0.4 is 20.1 Å². The van der Waals surface area contributed by atoms with Crippen molar-refractivity contribution in [1.82, 2.24) is 35.0 Å². The standard InChI is InChI=1S/C34H34F5N9O2.CH2O2/c1-16-10-22-21(12-42-46-22)23(25(16)34(37,38)39)27-26(36)28-24-30(45-32(44-28)50-15-33-7-5-9-47(33)13-19(35)11-33)48(17(2)14-49-31(24)43-27)18(3)20-6-4-8-41-29(20)40;2-1-3/h4,6,8,10,12,17-19H,5,7,9,11,13-15H2,1-3H3,(H2,40,41)(H,42,46);1H,(H,2,3)/t17-,18+,19+,33-;/m0./s1/i15D2;. The monoisotopic (exact) mass is 743 g/mol. The molecule has 5 aromatic rings. The lowest BCUT2D eigenvalue weighted by Crippen LogP contribution is -2.43. The second-order valence-electron chi connectivity index (χ2n) is 13.3. The average Bonchev–Trinajstić information content (AvgIpc) is 3.80. The Morgan fingerprint density at radius 2 is 2.09 bits per heavy atom. The van der Waals surface area contributed by atoms with E-state index in [-0.39, 0.29) is 65.4 Å². The zero-order valence-electron chi connectivity index (χ0n) is 30.7. The molecular formula is C35H36F5N9O4. The second-order valence-corrected chi connectivity index (χ2v) is 13.3. The number of carbonyl (C=O) groups is 1. The number of pyridine rings is 2. The van der Waals surface area contributed by atoms with Gasteiger partial charge in [0, 0.05) is 35.7 Å². The molecule has 280 valence electrons. The molecule has 1 aromatic carbocycles. The Morgan fingerprint density at radius 1 is 1.32 bits per heavy atom. The van der Waals surface area contributed by atoms with Gasteiger partial charge in [0.2, 0.25) is 5.88 Å². The van der Waals surface area contributed by atoms with Crippen molar-refractivity contribution in [2.45, 2.75) is 70.0 Å². The number of nitrogens with zero attached hydrogens (tertiary/aromatic N) is 7. The summed E-state index contributed by atoms with van der Waals surface area (Å²) >= 11 is 0. The van der Waals surface area contributed by atoms with Crippen molar-refractivity contribution < 1.29 is 44.1 Å². The maximum absolute atomic E-state index is 17.3. The van der Waals surface area contributed by atoms with E-state index in [2.05, 4.69) is 30.1 Å². The minimum absolute atomic E-state index is 0.0221. The highest BCUT2D eigenvalue weighted by Gasteiger charge is 2.49. The van der Waals surface area contributed by atoms with E-state index in [1.54, 1.807) is 28.9 Å². The number of anilines is 2. The predicted molar refractivity (Wildman–Crippen MR) is 184 cm³/mol. The largest absolute Gasteiger partial charge is 0.483 e. The van der Waals surface area contributed by atoms with Gasteiger partial charge in [0.05, 0.1) is 37.6 Å². The molecule has 4 N–H and O–H groups in total. The Kier molecular flexibility index (Phi) is 8.55. The number of H-pyrrole nitrogens is 1. The first-order valence-corrected chi connectivity index (χ1v) is 16.8. The van der Waals surface area contributed by atoms with Gasteiger partial charge < -0.3 is 25.2 Å². The van der Waals surface area contributed by atoms with Crippen LogP contribution in [0.3, 0.4) is 0 Å². The predicted octanol–water partition coefficient (Wildman–Crippen LogP) is 6.02. The third kappa shape index (κ3) is 6.17. The highest BCUT2D eigenvalue weighted by molar-refractivity contribution is 6.02. The van der Waals surface area contributed by atoms with Crippen molar-refractivity contribution in [2.24, 2.45) is 0 Å². The van der Waals surface area contributed by atoms with Crippen LogP contribution in [0.4, 0.5) is 33.6 Å². The summed E-state index contributed by atoms with van der Waals surface area (Å²) in [6.07, 6.45) is -2.73. The number of nitrogen functional groups attached to an aromatic ring is 1. The Labute approximate surface area is 302 Å². The number of hydrogen-bond acceptors (Lipinski definition) is 11. The van der Waals surface area contributed by atoms with Gasteiger partial charge in [-0.1, -0.05) is 6.07 Å². The van der Waals surface area contributed by atoms with E-state index in [1.807, 2.05) is 6.92 Å². The number of aryl methyl sites for hydroxylation is 1. The lowest BCUT2D eigenvalue weighted by molar-refractivity contribution is -0.137. The normalized spacial score (nSPS) is 22.7. The van der Waals surface area contributed by atoms with Crippen LogP contribution in [-0.2, 0) is 11.0 Å². The molecule has 0 bridgehead atoms. The Bertz CT molecular complexity index is 2300. The number of fused-ring (bicyclic) bond motifs is 2. The van der Waals surface area contributed by atoms with E-state index in [9.17, 15) is 17.6 Å². The van der Waals surface area contributed by atoms with Crippen LogP contribution in [0.5, 0.6) is 11.9 Å². The maximum Gasteiger partial charge on any atom is 0.417 e. The van der Waals surface area contributed by atoms with E-state index in [0.29, 0.717) is 24.9 Å². The van der Waals surface area contributed by atoms with E-state index in [0.717, 1.165) is 6.20 Å². The topological polar surface area (TPSA) is 169 Å². The van der Waals surface area contributed by atoms with Gasteiger partial charge in [0.25, 0.3) is 6.47 Å². The number of benzene rings is 1. The molecule has 7 heterocycles. The number of carboxylic acid groups (broad SMARTS) is 1. The molecule has 0 radical (unpaired) electrons. The number of ether oxygens (including phenoxy) is 2. The van der Waals surface area contributed by atoms with E-state index in [4.69, 9.17) is 27.8 Å². The van der Waals surface area contributed by atoms with Gasteiger partial charge in [0.15, 0.2) is 5.82 Å². The molecule has 18 heteroatoms.